The Hall–Kier alpha value is -0.920. The normalized spacial score (nSPS) is 14.2. The smallest absolute Gasteiger partial charge is 0.261 e. The van der Waals surface area contributed by atoms with E-state index in [0.717, 1.165) is 0 Å². The van der Waals surface area contributed by atoms with Gasteiger partial charge < -0.3 is 10.3 Å². The SMILES string of the molecule is CCn1cc(S(=O)(=O)N(C)CC(C)N)nc1C. The molecule has 1 unspecified atom stereocenters. The number of nitrogens with two attached hydrogens (primary N) is 1. The summed E-state index contributed by atoms with van der Waals surface area (Å²) in [5, 5.41) is 0.0833. The molecule has 0 saturated heterocycles. The second-order valence-electron chi connectivity index (χ2n) is 4.18. The van der Waals surface area contributed by atoms with E-state index in [9.17, 15) is 8.42 Å². The van der Waals surface area contributed by atoms with Crippen molar-refractivity contribution in [3.05, 3.63) is 12.0 Å². The van der Waals surface area contributed by atoms with E-state index < -0.39 is 10.0 Å². The third-order valence-corrected chi connectivity index (χ3v) is 4.21. The van der Waals surface area contributed by atoms with Crippen LogP contribution in [0.2, 0.25) is 0 Å². The summed E-state index contributed by atoms with van der Waals surface area (Å²) < 4.78 is 27.3. The fraction of sp³-hybridized carbons (Fsp3) is 0.700. The Bertz CT molecular complexity index is 478. The molecule has 0 aromatic carbocycles. The molecule has 0 radical (unpaired) electrons. The maximum atomic E-state index is 12.1. The van der Waals surface area contributed by atoms with Crippen LogP contribution in [0.15, 0.2) is 11.2 Å². The van der Waals surface area contributed by atoms with Gasteiger partial charge in [-0.3, -0.25) is 0 Å². The molecule has 1 aromatic rings. The summed E-state index contributed by atoms with van der Waals surface area (Å²) in [4.78, 5) is 4.07. The molecule has 0 bridgehead atoms. The first-order valence-corrected chi connectivity index (χ1v) is 6.98. The van der Waals surface area contributed by atoms with E-state index in [1.165, 1.54) is 11.4 Å². The Labute approximate surface area is 102 Å². The lowest BCUT2D eigenvalue weighted by Crippen LogP contribution is -2.37. The minimum Gasteiger partial charge on any atom is -0.334 e. The molecule has 0 spiro atoms. The molecular formula is C10H20N4O2S. The van der Waals surface area contributed by atoms with Gasteiger partial charge in [0.2, 0.25) is 0 Å². The van der Waals surface area contributed by atoms with Gasteiger partial charge >= 0.3 is 0 Å². The molecule has 98 valence electrons. The van der Waals surface area contributed by atoms with Crippen LogP contribution in [0.3, 0.4) is 0 Å². The first kappa shape index (κ1) is 14.1. The third-order valence-electron chi connectivity index (χ3n) is 2.51. The number of rotatable bonds is 5. The van der Waals surface area contributed by atoms with E-state index in [0.29, 0.717) is 12.4 Å². The lowest BCUT2D eigenvalue weighted by atomic mass is 10.4. The number of nitrogens with zero attached hydrogens (tertiary/aromatic N) is 3. The Balaban J connectivity index is 3.04. The number of likely N-dealkylation sites (N-methyl/N-ethyl adjacent to an activating group) is 1. The van der Waals surface area contributed by atoms with Crippen LogP contribution >= 0.6 is 0 Å². The van der Waals surface area contributed by atoms with Crippen molar-refractivity contribution in [2.45, 2.75) is 38.4 Å². The van der Waals surface area contributed by atoms with Gasteiger partial charge in [0.25, 0.3) is 10.0 Å². The molecular weight excluding hydrogens is 240 g/mol. The molecule has 1 aromatic heterocycles. The first-order chi connectivity index (χ1) is 7.78. The zero-order chi connectivity index (χ0) is 13.2. The topological polar surface area (TPSA) is 81.2 Å². The molecule has 2 N–H and O–H groups in total. The lowest BCUT2D eigenvalue weighted by Gasteiger charge is -2.17. The highest BCUT2D eigenvalue weighted by Gasteiger charge is 2.24. The number of hydrogen-bond donors (Lipinski definition) is 1. The van der Waals surface area contributed by atoms with Gasteiger partial charge in [-0.05, 0) is 20.8 Å². The minimum absolute atomic E-state index is 0.0833. The fourth-order valence-electron chi connectivity index (χ4n) is 1.59. The number of imidazole rings is 1. The molecule has 1 atom stereocenters. The van der Waals surface area contributed by atoms with Crippen molar-refractivity contribution in [2.75, 3.05) is 13.6 Å². The molecule has 0 aliphatic carbocycles. The van der Waals surface area contributed by atoms with Gasteiger partial charge in [0.1, 0.15) is 5.82 Å². The molecule has 0 fully saturated rings. The minimum atomic E-state index is -3.52. The van der Waals surface area contributed by atoms with Crippen LogP contribution in [-0.2, 0) is 16.6 Å². The molecule has 0 aliphatic heterocycles. The summed E-state index contributed by atoms with van der Waals surface area (Å²) in [6.07, 6.45) is 1.56. The largest absolute Gasteiger partial charge is 0.334 e. The van der Waals surface area contributed by atoms with Gasteiger partial charge in [0.15, 0.2) is 5.03 Å². The molecule has 1 heterocycles. The van der Waals surface area contributed by atoms with Crippen LogP contribution in [0.5, 0.6) is 0 Å². The molecule has 0 saturated carbocycles. The van der Waals surface area contributed by atoms with Crippen molar-refractivity contribution in [1.29, 1.82) is 0 Å². The highest BCUT2D eigenvalue weighted by Crippen LogP contribution is 2.13. The maximum absolute atomic E-state index is 12.1. The standard InChI is InChI=1S/C10H20N4O2S/c1-5-14-7-10(12-9(14)3)17(15,16)13(4)6-8(2)11/h7-8H,5-6,11H2,1-4H3. The average Bonchev–Trinajstić information content (AvgIpc) is 2.59. The zero-order valence-corrected chi connectivity index (χ0v) is 11.5. The summed E-state index contributed by atoms with van der Waals surface area (Å²) in [7, 11) is -2.01. The molecule has 1 rings (SSSR count). The molecule has 0 amide bonds. The second kappa shape index (κ2) is 5.16. The van der Waals surface area contributed by atoms with E-state index in [2.05, 4.69) is 4.98 Å². The lowest BCUT2D eigenvalue weighted by molar-refractivity contribution is 0.443. The van der Waals surface area contributed by atoms with Gasteiger partial charge in [-0.2, -0.15) is 4.31 Å². The van der Waals surface area contributed by atoms with Crippen molar-refractivity contribution >= 4 is 10.0 Å². The van der Waals surface area contributed by atoms with Gasteiger partial charge in [0, 0.05) is 32.4 Å². The summed E-state index contributed by atoms with van der Waals surface area (Å²) in [6.45, 7) is 6.47. The second-order valence-corrected chi connectivity index (χ2v) is 6.17. The summed E-state index contributed by atoms with van der Waals surface area (Å²) in [6, 6.07) is -0.205. The summed E-state index contributed by atoms with van der Waals surface area (Å²) >= 11 is 0. The quantitative estimate of drug-likeness (QED) is 0.819. The predicted octanol–water partition coefficient (Wildman–Crippen LogP) is 0.179. The van der Waals surface area contributed by atoms with Crippen molar-refractivity contribution in [1.82, 2.24) is 13.9 Å². The van der Waals surface area contributed by atoms with Gasteiger partial charge in [-0.1, -0.05) is 0 Å². The van der Waals surface area contributed by atoms with Gasteiger partial charge in [-0.25, -0.2) is 13.4 Å². The number of hydrogen-bond acceptors (Lipinski definition) is 4. The molecule has 7 heteroatoms. The predicted molar refractivity (Wildman–Crippen MR) is 66.1 cm³/mol. The Morgan fingerprint density at radius 1 is 1.59 bits per heavy atom. The van der Waals surface area contributed by atoms with Gasteiger partial charge in [-0.15, -0.1) is 0 Å². The Morgan fingerprint density at radius 2 is 2.18 bits per heavy atom. The van der Waals surface area contributed by atoms with E-state index in [1.54, 1.807) is 24.6 Å². The van der Waals surface area contributed by atoms with Crippen LogP contribution in [0.1, 0.15) is 19.7 Å². The number of aromatic nitrogens is 2. The molecule has 6 nitrogen and oxygen atoms in total. The van der Waals surface area contributed by atoms with Crippen LogP contribution in [-0.4, -0.2) is 41.9 Å². The van der Waals surface area contributed by atoms with Crippen LogP contribution in [0.25, 0.3) is 0 Å². The monoisotopic (exact) mass is 260 g/mol. The van der Waals surface area contributed by atoms with Crippen molar-refractivity contribution in [2.24, 2.45) is 5.73 Å². The highest BCUT2D eigenvalue weighted by molar-refractivity contribution is 7.89. The van der Waals surface area contributed by atoms with Crippen LogP contribution in [0.4, 0.5) is 0 Å². The number of aryl methyl sites for hydroxylation is 2. The van der Waals surface area contributed by atoms with Crippen molar-refractivity contribution < 1.29 is 8.42 Å². The van der Waals surface area contributed by atoms with Crippen molar-refractivity contribution in [3.8, 4) is 0 Å². The maximum Gasteiger partial charge on any atom is 0.261 e. The Kier molecular flexibility index (Phi) is 4.29. The van der Waals surface area contributed by atoms with Crippen molar-refractivity contribution in [3.63, 3.8) is 0 Å². The highest BCUT2D eigenvalue weighted by atomic mass is 32.2. The van der Waals surface area contributed by atoms with Crippen LogP contribution < -0.4 is 5.73 Å². The molecule has 17 heavy (non-hydrogen) atoms. The third kappa shape index (κ3) is 3.05. The van der Waals surface area contributed by atoms with E-state index in [1.807, 2.05) is 6.92 Å². The fourth-order valence-corrected chi connectivity index (χ4v) is 2.85. The summed E-state index contributed by atoms with van der Waals surface area (Å²) in [5.74, 6) is 0.695. The molecule has 0 aliphatic rings. The van der Waals surface area contributed by atoms with E-state index in [-0.39, 0.29) is 17.6 Å². The van der Waals surface area contributed by atoms with E-state index in [4.69, 9.17) is 5.73 Å². The number of sulfonamides is 1. The average molecular weight is 260 g/mol. The zero-order valence-electron chi connectivity index (χ0n) is 10.7. The van der Waals surface area contributed by atoms with Crippen LogP contribution in [0, 0.1) is 6.92 Å². The Morgan fingerprint density at radius 3 is 2.59 bits per heavy atom. The summed E-state index contributed by atoms with van der Waals surface area (Å²) in [5.41, 5.74) is 5.60. The first-order valence-electron chi connectivity index (χ1n) is 5.54. The van der Waals surface area contributed by atoms with Gasteiger partial charge in [0.05, 0.1) is 0 Å². The van der Waals surface area contributed by atoms with E-state index >= 15 is 0 Å².